The van der Waals surface area contributed by atoms with Crippen LogP contribution >= 0.6 is 0 Å². The van der Waals surface area contributed by atoms with Crippen molar-refractivity contribution in [2.24, 2.45) is 17.8 Å². The van der Waals surface area contributed by atoms with E-state index in [2.05, 4.69) is 140 Å². The molecule has 0 bridgehead atoms. The molecule has 1 heteroatoms. The van der Waals surface area contributed by atoms with Crippen molar-refractivity contribution in [2.45, 2.75) is 57.8 Å². The van der Waals surface area contributed by atoms with Crippen molar-refractivity contribution in [3.8, 4) is 11.3 Å². The van der Waals surface area contributed by atoms with Gasteiger partial charge in [0.25, 0.3) is 0 Å². The highest BCUT2D eigenvalue weighted by Gasteiger charge is 2.35. The van der Waals surface area contributed by atoms with Crippen LogP contribution in [-0.2, 0) is 0 Å². The topological polar surface area (TPSA) is 12.9 Å². The Morgan fingerprint density at radius 2 is 1.19 bits per heavy atom. The van der Waals surface area contributed by atoms with Crippen LogP contribution in [0.15, 0.2) is 151 Å². The molecule has 10 rings (SSSR count). The van der Waals surface area contributed by atoms with Crippen LogP contribution in [-0.4, -0.2) is 4.98 Å². The Balaban J connectivity index is 1.12. The van der Waals surface area contributed by atoms with E-state index >= 15 is 0 Å². The van der Waals surface area contributed by atoms with Gasteiger partial charge in [-0.3, -0.25) is 4.98 Å². The first kappa shape index (κ1) is 31.5. The molecule has 0 radical (unpaired) electrons. The van der Waals surface area contributed by atoms with Crippen LogP contribution in [0.2, 0.25) is 0 Å². The first-order valence-corrected chi connectivity index (χ1v) is 19.7. The second-order valence-electron chi connectivity index (χ2n) is 15.4. The van der Waals surface area contributed by atoms with Crippen LogP contribution in [0, 0.1) is 17.8 Å². The molecule has 1 aromatic heterocycles. The van der Waals surface area contributed by atoms with Crippen LogP contribution in [0.25, 0.3) is 49.9 Å². The third kappa shape index (κ3) is 5.41. The van der Waals surface area contributed by atoms with E-state index in [1.165, 1.54) is 98.0 Å². The van der Waals surface area contributed by atoms with E-state index in [9.17, 15) is 0 Å². The maximum absolute atomic E-state index is 4.93. The zero-order chi connectivity index (χ0) is 34.4. The molecule has 52 heavy (non-hydrogen) atoms. The molecule has 0 spiro atoms. The zero-order valence-corrected chi connectivity index (χ0v) is 29.9. The predicted molar refractivity (Wildman–Crippen MR) is 219 cm³/mol. The fraction of sp³-hybridized carbons (Fsp3) is 0.235. The number of rotatable bonds is 5. The molecule has 2 unspecified atom stereocenters. The summed E-state index contributed by atoms with van der Waals surface area (Å²) in [6.07, 6.45) is 27.6. The van der Waals surface area contributed by atoms with Gasteiger partial charge in [-0.25, -0.2) is 0 Å². The Morgan fingerprint density at radius 1 is 0.519 bits per heavy atom. The number of pyridine rings is 1. The minimum absolute atomic E-state index is 0.325. The molecule has 5 aliphatic carbocycles. The summed E-state index contributed by atoms with van der Waals surface area (Å²) in [6.45, 7) is 0. The molecular weight excluding hydrogens is 627 g/mol. The lowest BCUT2D eigenvalue weighted by Crippen LogP contribution is -2.43. The van der Waals surface area contributed by atoms with Gasteiger partial charge in [-0.2, -0.15) is 0 Å². The molecule has 0 saturated heterocycles. The Bertz CT molecular complexity index is 2620. The van der Waals surface area contributed by atoms with E-state index in [-0.39, 0.29) is 0 Å². The van der Waals surface area contributed by atoms with Gasteiger partial charge in [0.05, 0.1) is 5.69 Å². The average Bonchev–Trinajstić information content (AvgIpc) is 3.23. The highest BCUT2D eigenvalue weighted by molar-refractivity contribution is 5.95. The molecule has 4 aromatic carbocycles. The maximum Gasteiger partial charge on any atom is 0.0777 e. The number of benzene rings is 4. The monoisotopic (exact) mass is 671 g/mol. The molecule has 0 aliphatic heterocycles. The van der Waals surface area contributed by atoms with Crippen LogP contribution in [0.4, 0.5) is 0 Å². The van der Waals surface area contributed by atoms with Gasteiger partial charge in [0, 0.05) is 29.2 Å². The highest BCUT2D eigenvalue weighted by Crippen LogP contribution is 2.45. The standard InChI is InChI=1S/C51H45N/c1-2-14-35(15-3-1)40-30-31-48(43-18-7-6-17-42(40)43)50-46-21-10-8-19-44(46)49(45-20-9-11-22-47(45)50)37-27-25-36(26-28-37)41-23-12-32-52-51(41)39-29-24-34-13-4-5-16-38(34)33-39/h4-13,16-25,27,29,32-33,35,44,46H,1-3,14-15,26,28,30-31H2. The van der Waals surface area contributed by atoms with Crippen molar-refractivity contribution in [3.63, 3.8) is 0 Å². The Morgan fingerprint density at radius 3 is 1.98 bits per heavy atom. The van der Waals surface area contributed by atoms with Crippen LogP contribution in [0.3, 0.4) is 0 Å². The largest absolute Gasteiger partial charge is 0.256 e. The van der Waals surface area contributed by atoms with Gasteiger partial charge >= 0.3 is 0 Å². The summed E-state index contributed by atoms with van der Waals surface area (Å²) in [5.74, 6) is 1.42. The van der Waals surface area contributed by atoms with E-state index in [1.54, 1.807) is 16.7 Å². The van der Waals surface area contributed by atoms with Crippen molar-refractivity contribution in [1.29, 1.82) is 0 Å². The highest BCUT2D eigenvalue weighted by atomic mass is 14.7. The molecule has 254 valence electrons. The molecule has 1 heterocycles. The lowest BCUT2D eigenvalue weighted by Gasteiger charge is -2.36. The van der Waals surface area contributed by atoms with Gasteiger partial charge in [0.1, 0.15) is 0 Å². The summed E-state index contributed by atoms with van der Waals surface area (Å²) in [7, 11) is 0. The third-order valence-electron chi connectivity index (χ3n) is 12.6. The molecule has 0 amide bonds. The van der Waals surface area contributed by atoms with Crippen LogP contribution in [0.5, 0.6) is 0 Å². The Kier molecular flexibility index (Phi) is 8.09. The second-order valence-corrected chi connectivity index (χ2v) is 15.4. The number of allylic oxidation sites excluding steroid dienone is 8. The molecule has 1 saturated carbocycles. The van der Waals surface area contributed by atoms with Gasteiger partial charge in [-0.15, -0.1) is 0 Å². The molecule has 2 atom stereocenters. The van der Waals surface area contributed by atoms with Crippen molar-refractivity contribution in [1.82, 2.24) is 4.98 Å². The SMILES string of the molecule is C1=CC2C(C3=CC=C(c4cccnc4-c4ccc5ccccc5c4)CC3)=c3ccccc3=C(C3=c4ccccc4=C(C4CCCCC4)CC3)C2C=C1. The van der Waals surface area contributed by atoms with E-state index in [0.717, 1.165) is 30.9 Å². The maximum atomic E-state index is 4.93. The van der Waals surface area contributed by atoms with Crippen molar-refractivity contribution < 1.29 is 0 Å². The number of fused-ring (bicyclic) bond motifs is 4. The Labute approximate surface area is 307 Å². The lowest BCUT2D eigenvalue weighted by atomic mass is 9.67. The molecule has 0 N–H and O–H groups in total. The number of nitrogens with zero attached hydrogens (tertiary/aromatic N) is 1. The normalized spacial score (nSPS) is 21.4. The number of hydrogen-bond acceptors (Lipinski definition) is 1. The van der Waals surface area contributed by atoms with Gasteiger partial charge in [0.15, 0.2) is 0 Å². The smallest absolute Gasteiger partial charge is 0.0777 e. The third-order valence-corrected chi connectivity index (χ3v) is 12.6. The molecule has 5 aliphatic rings. The van der Waals surface area contributed by atoms with Crippen LogP contribution < -0.4 is 20.9 Å². The number of aromatic nitrogens is 1. The van der Waals surface area contributed by atoms with E-state index < -0.39 is 0 Å². The van der Waals surface area contributed by atoms with Gasteiger partial charge in [-0.1, -0.05) is 152 Å². The summed E-state index contributed by atoms with van der Waals surface area (Å²) in [4.78, 5) is 4.93. The minimum Gasteiger partial charge on any atom is -0.256 e. The van der Waals surface area contributed by atoms with E-state index in [4.69, 9.17) is 4.98 Å². The van der Waals surface area contributed by atoms with E-state index in [1.807, 2.05) is 6.20 Å². The lowest BCUT2D eigenvalue weighted by molar-refractivity contribution is 0.421. The summed E-state index contributed by atoms with van der Waals surface area (Å²) in [5, 5.41) is 8.40. The molecular formula is C51H45N. The fourth-order valence-electron chi connectivity index (χ4n) is 10.2. The Hall–Kier alpha value is -5.27. The van der Waals surface area contributed by atoms with E-state index in [0.29, 0.717) is 11.8 Å². The average molecular weight is 672 g/mol. The van der Waals surface area contributed by atoms with Crippen molar-refractivity contribution in [2.75, 3.05) is 0 Å². The predicted octanol–water partition coefficient (Wildman–Crippen LogP) is 9.75. The summed E-state index contributed by atoms with van der Waals surface area (Å²) < 4.78 is 0. The fourth-order valence-corrected chi connectivity index (χ4v) is 10.2. The minimum atomic E-state index is 0.325. The molecule has 1 fully saturated rings. The first-order valence-electron chi connectivity index (χ1n) is 19.7. The summed E-state index contributed by atoms with van der Waals surface area (Å²) in [5.41, 5.74) is 12.7. The van der Waals surface area contributed by atoms with Gasteiger partial charge < -0.3 is 0 Å². The van der Waals surface area contributed by atoms with Gasteiger partial charge in [0.2, 0.25) is 0 Å². The first-order chi connectivity index (χ1) is 25.8. The summed E-state index contributed by atoms with van der Waals surface area (Å²) in [6, 6.07) is 38.4. The quantitative estimate of drug-likeness (QED) is 0.181. The van der Waals surface area contributed by atoms with Crippen LogP contribution in [0.1, 0.15) is 63.4 Å². The zero-order valence-electron chi connectivity index (χ0n) is 29.9. The summed E-state index contributed by atoms with van der Waals surface area (Å²) >= 11 is 0. The number of hydrogen-bond donors (Lipinski definition) is 0. The van der Waals surface area contributed by atoms with Crippen molar-refractivity contribution in [3.05, 3.63) is 178 Å². The van der Waals surface area contributed by atoms with Gasteiger partial charge in [-0.05, 0) is 116 Å². The molecule has 5 aromatic rings. The second kappa shape index (κ2) is 13.4. The van der Waals surface area contributed by atoms with Crippen molar-refractivity contribution >= 4 is 38.6 Å². The molecule has 1 nitrogen and oxygen atoms in total.